The lowest BCUT2D eigenvalue weighted by molar-refractivity contribution is -0.134. The standard InChI is InChI=1S/C30H30ClN3O5/c1-30(2,3)33-28(36)27(25-23-14-11-21(31)15-24(23)32-26(25)29(37)38)34(18-35)16-19-9-12-22(13-10-19)39-17-20-7-5-4-6-8-20/h4-15,18,27,32H,16-17H2,1-3H3,(H,33,36)(H,37,38). The number of aromatic carboxylic acids is 1. The van der Waals surface area contributed by atoms with Crippen molar-refractivity contribution in [3.8, 4) is 5.75 Å². The fourth-order valence-electron chi connectivity index (χ4n) is 4.36. The molecule has 3 N–H and O–H groups in total. The van der Waals surface area contributed by atoms with Gasteiger partial charge < -0.3 is 25.0 Å². The van der Waals surface area contributed by atoms with Crippen molar-refractivity contribution in [2.24, 2.45) is 0 Å². The van der Waals surface area contributed by atoms with Gasteiger partial charge in [-0.2, -0.15) is 0 Å². The normalized spacial score (nSPS) is 12.1. The molecule has 1 aromatic heterocycles. The number of hydrogen-bond donors (Lipinski definition) is 3. The summed E-state index contributed by atoms with van der Waals surface area (Å²) < 4.78 is 5.85. The van der Waals surface area contributed by atoms with Crippen molar-refractivity contribution in [3.05, 3.63) is 100 Å². The van der Waals surface area contributed by atoms with Crippen LogP contribution >= 0.6 is 11.6 Å². The van der Waals surface area contributed by atoms with Crippen molar-refractivity contribution < 1.29 is 24.2 Å². The first-order valence-corrected chi connectivity index (χ1v) is 12.8. The molecule has 0 radical (unpaired) electrons. The number of nitrogens with zero attached hydrogens (tertiary/aromatic N) is 1. The molecule has 0 spiro atoms. The maximum Gasteiger partial charge on any atom is 0.352 e. The predicted molar refractivity (Wildman–Crippen MR) is 150 cm³/mol. The summed E-state index contributed by atoms with van der Waals surface area (Å²) >= 11 is 6.13. The van der Waals surface area contributed by atoms with Crippen LogP contribution in [0.2, 0.25) is 5.02 Å². The van der Waals surface area contributed by atoms with Gasteiger partial charge in [-0.25, -0.2) is 4.79 Å². The number of benzene rings is 3. The van der Waals surface area contributed by atoms with Gasteiger partial charge in [0, 0.05) is 33.6 Å². The van der Waals surface area contributed by atoms with Gasteiger partial charge in [-0.3, -0.25) is 9.59 Å². The van der Waals surface area contributed by atoms with E-state index in [1.807, 2.05) is 63.2 Å². The lowest BCUT2D eigenvalue weighted by Crippen LogP contribution is -2.47. The van der Waals surface area contributed by atoms with Gasteiger partial charge in [0.1, 0.15) is 24.1 Å². The first-order valence-electron chi connectivity index (χ1n) is 12.4. The molecule has 2 amide bonds. The fraction of sp³-hybridized carbons (Fsp3) is 0.233. The summed E-state index contributed by atoms with van der Waals surface area (Å²) in [5.41, 5.74) is 1.61. The number of hydrogen-bond acceptors (Lipinski definition) is 4. The third-order valence-electron chi connectivity index (χ3n) is 6.04. The Labute approximate surface area is 231 Å². The first kappa shape index (κ1) is 27.7. The average molecular weight is 548 g/mol. The number of H-pyrrole nitrogens is 1. The van der Waals surface area contributed by atoms with E-state index in [-0.39, 0.29) is 17.8 Å². The van der Waals surface area contributed by atoms with E-state index in [4.69, 9.17) is 16.3 Å². The minimum absolute atomic E-state index is 0.0595. The molecule has 0 aliphatic carbocycles. The van der Waals surface area contributed by atoms with E-state index in [0.717, 1.165) is 11.1 Å². The molecule has 9 heteroatoms. The number of aromatic amines is 1. The molecular formula is C30H30ClN3O5. The second-order valence-corrected chi connectivity index (χ2v) is 10.7. The number of carbonyl (C=O) groups excluding carboxylic acids is 2. The number of carboxylic acids is 1. The maximum absolute atomic E-state index is 13.6. The Kier molecular flexibility index (Phi) is 8.26. The summed E-state index contributed by atoms with van der Waals surface area (Å²) in [7, 11) is 0. The monoisotopic (exact) mass is 547 g/mol. The quantitative estimate of drug-likeness (QED) is 0.220. The third-order valence-corrected chi connectivity index (χ3v) is 6.27. The molecule has 1 atom stereocenters. The van der Waals surface area contributed by atoms with Gasteiger partial charge in [-0.1, -0.05) is 60.1 Å². The molecule has 0 saturated carbocycles. The summed E-state index contributed by atoms with van der Waals surface area (Å²) in [5, 5.41) is 13.8. The van der Waals surface area contributed by atoms with Crippen LogP contribution < -0.4 is 10.1 Å². The number of fused-ring (bicyclic) bond motifs is 1. The molecule has 0 saturated heterocycles. The SMILES string of the molecule is CC(C)(C)NC(=O)C(c1c(C(=O)O)[nH]c2cc(Cl)ccc12)N(C=O)Cc1ccc(OCc2ccccc2)cc1. The summed E-state index contributed by atoms with van der Waals surface area (Å²) in [6.07, 6.45) is 0.563. The van der Waals surface area contributed by atoms with Crippen LogP contribution in [0.25, 0.3) is 10.9 Å². The summed E-state index contributed by atoms with van der Waals surface area (Å²) in [6.45, 7) is 5.92. The van der Waals surface area contributed by atoms with E-state index in [2.05, 4.69) is 10.3 Å². The van der Waals surface area contributed by atoms with E-state index >= 15 is 0 Å². The van der Waals surface area contributed by atoms with Crippen molar-refractivity contribution in [2.45, 2.75) is 45.5 Å². The molecule has 0 bridgehead atoms. The Morgan fingerprint density at radius 3 is 2.36 bits per heavy atom. The lowest BCUT2D eigenvalue weighted by Gasteiger charge is -2.31. The Morgan fingerprint density at radius 1 is 1.05 bits per heavy atom. The minimum Gasteiger partial charge on any atom is -0.489 e. The van der Waals surface area contributed by atoms with Gasteiger partial charge in [0.05, 0.1) is 0 Å². The van der Waals surface area contributed by atoms with Crippen LogP contribution in [0, 0.1) is 0 Å². The number of rotatable bonds is 10. The molecule has 1 unspecified atom stereocenters. The number of amides is 2. The number of carboxylic acid groups (broad SMARTS) is 1. The molecule has 0 fully saturated rings. The Balaban J connectivity index is 1.67. The highest BCUT2D eigenvalue weighted by Gasteiger charge is 2.35. The van der Waals surface area contributed by atoms with Crippen LogP contribution in [-0.4, -0.2) is 38.8 Å². The van der Waals surface area contributed by atoms with Crippen molar-refractivity contribution in [2.75, 3.05) is 0 Å². The van der Waals surface area contributed by atoms with Gasteiger partial charge in [-0.05, 0) is 56.2 Å². The highest BCUT2D eigenvalue weighted by Crippen LogP contribution is 2.34. The molecule has 3 aromatic carbocycles. The van der Waals surface area contributed by atoms with Gasteiger partial charge in [0.2, 0.25) is 12.3 Å². The maximum atomic E-state index is 13.6. The Bertz CT molecular complexity index is 1480. The second-order valence-electron chi connectivity index (χ2n) is 10.2. The zero-order chi connectivity index (χ0) is 28.2. The van der Waals surface area contributed by atoms with Crippen LogP contribution in [0.5, 0.6) is 5.75 Å². The third kappa shape index (κ3) is 6.78. The highest BCUT2D eigenvalue weighted by molar-refractivity contribution is 6.31. The zero-order valence-electron chi connectivity index (χ0n) is 21.9. The Morgan fingerprint density at radius 2 is 1.74 bits per heavy atom. The van der Waals surface area contributed by atoms with E-state index in [9.17, 15) is 19.5 Å². The molecule has 0 aliphatic heterocycles. The molecule has 1 heterocycles. The summed E-state index contributed by atoms with van der Waals surface area (Å²) in [6, 6.07) is 20.6. The van der Waals surface area contributed by atoms with Gasteiger partial charge in [-0.15, -0.1) is 0 Å². The lowest BCUT2D eigenvalue weighted by atomic mass is 9.98. The largest absolute Gasteiger partial charge is 0.489 e. The van der Waals surface area contributed by atoms with Crippen molar-refractivity contribution in [3.63, 3.8) is 0 Å². The smallest absolute Gasteiger partial charge is 0.352 e. The summed E-state index contributed by atoms with van der Waals surface area (Å²) in [4.78, 5) is 42.5. The van der Waals surface area contributed by atoms with E-state index in [0.29, 0.717) is 34.7 Å². The van der Waals surface area contributed by atoms with E-state index in [1.165, 1.54) is 4.90 Å². The topological polar surface area (TPSA) is 112 Å². The molecule has 0 aliphatic rings. The van der Waals surface area contributed by atoms with Crippen LogP contribution in [0.1, 0.15) is 54.0 Å². The van der Waals surface area contributed by atoms with Gasteiger partial charge >= 0.3 is 5.97 Å². The minimum atomic E-state index is -1.25. The number of nitrogens with one attached hydrogen (secondary N) is 2. The molecule has 8 nitrogen and oxygen atoms in total. The van der Waals surface area contributed by atoms with Gasteiger partial charge in [0.15, 0.2) is 0 Å². The van der Waals surface area contributed by atoms with Crippen LogP contribution in [0.15, 0.2) is 72.8 Å². The molecule has 39 heavy (non-hydrogen) atoms. The number of carbonyl (C=O) groups is 3. The van der Waals surface area contributed by atoms with Crippen molar-refractivity contribution >= 4 is 40.8 Å². The van der Waals surface area contributed by atoms with Crippen molar-refractivity contribution in [1.29, 1.82) is 0 Å². The molecule has 202 valence electrons. The average Bonchev–Trinajstić information content (AvgIpc) is 3.26. The number of halogens is 1. The molecule has 4 rings (SSSR count). The molecular weight excluding hydrogens is 518 g/mol. The van der Waals surface area contributed by atoms with Gasteiger partial charge in [0.25, 0.3) is 0 Å². The molecule has 4 aromatic rings. The second kappa shape index (κ2) is 11.6. The van der Waals surface area contributed by atoms with E-state index < -0.39 is 23.5 Å². The highest BCUT2D eigenvalue weighted by atomic mass is 35.5. The van der Waals surface area contributed by atoms with Crippen molar-refractivity contribution in [1.82, 2.24) is 15.2 Å². The number of aromatic nitrogens is 1. The predicted octanol–water partition coefficient (Wildman–Crippen LogP) is 5.71. The van der Waals surface area contributed by atoms with E-state index in [1.54, 1.807) is 30.3 Å². The van der Waals surface area contributed by atoms with Crippen LogP contribution in [0.3, 0.4) is 0 Å². The zero-order valence-corrected chi connectivity index (χ0v) is 22.7. The number of ether oxygens (including phenoxy) is 1. The van der Waals surface area contributed by atoms with Crippen LogP contribution in [-0.2, 0) is 22.7 Å². The first-order chi connectivity index (χ1) is 18.6. The van der Waals surface area contributed by atoms with Crippen LogP contribution in [0.4, 0.5) is 0 Å². The summed E-state index contributed by atoms with van der Waals surface area (Å²) in [5.74, 6) is -1.10. The Hall–Kier alpha value is -4.30. The fourth-order valence-corrected chi connectivity index (χ4v) is 4.53.